The summed E-state index contributed by atoms with van der Waals surface area (Å²) in [6.07, 6.45) is 1.95. The molecule has 0 saturated carbocycles. The van der Waals surface area contributed by atoms with Gasteiger partial charge in [0.1, 0.15) is 17.6 Å². The molecule has 3 atom stereocenters. The molecule has 50 heavy (non-hydrogen) atoms. The van der Waals surface area contributed by atoms with Crippen LogP contribution in [0.5, 0.6) is 11.5 Å². The number of urea groups is 1. The zero-order valence-electron chi connectivity index (χ0n) is 29.1. The lowest BCUT2D eigenvalue weighted by atomic mass is 9.99. The van der Waals surface area contributed by atoms with Gasteiger partial charge in [0.25, 0.3) is 5.91 Å². The number of hydrogen-bond donors (Lipinski definition) is 5. The van der Waals surface area contributed by atoms with Crippen LogP contribution in [0.4, 0.5) is 27.5 Å². The number of nitrogens with zero attached hydrogens (tertiary/aromatic N) is 2. The summed E-state index contributed by atoms with van der Waals surface area (Å²) in [5.74, 6) is 0.115. The molecule has 0 radical (unpaired) electrons. The average molecular weight is 689 g/mol. The Morgan fingerprint density at radius 3 is 2.30 bits per heavy atom. The van der Waals surface area contributed by atoms with E-state index in [0.717, 1.165) is 0 Å². The zero-order valence-corrected chi connectivity index (χ0v) is 29.1. The van der Waals surface area contributed by atoms with Crippen LogP contribution >= 0.6 is 0 Å². The average Bonchev–Trinajstić information content (AvgIpc) is 3.10. The van der Waals surface area contributed by atoms with Gasteiger partial charge in [0, 0.05) is 43.7 Å². The molecule has 6 N–H and O–H groups in total. The number of rotatable bonds is 14. The molecule has 4 rings (SSSR count). The SMILES string of the molecule is COc1ccc(NC(=O)N(C)C[C@@H]2Oc3ccc(NC(=O)CCCCCC(=O)Nc4ccccc4N)cc3C(=O)N([C@H](C)CO)C[C@@H]2C)cc1. The van der Waals surface area contributed by atoms with Crippen LogP contribution in [0.1, 0.15) is 56.3 Å². The molecular formula is C37H48N6O7. The maximum Gasteiger partial charge on any atom is 0.321 e. The van der Waals surface area contributed by atoms with Crippen LogP contribution in [0.25, 0.3) is 0 Å². The van der Waals surface area contributed by atoms with Crippen LogP contribution in [0, 0.1) is 5.92 Å². The standard InChI is InChI=1S/C37H48N6O7/c1-24-21-43(25(2)23-44)36(47)29-20-27(39-34(45)12-6-5-7-13-35(46)41-31-11-9-8-10-30(31)38)16-19-32(29)50-33(24)22-42(3)37(48)40-26-14-17-28(49-4)18-15-26/h8-11,14-20,24-25,33,44H,5-7,12-13,21-23,38H2,1-4H3,(H,39,45)(H,40,48)(H,41,46)/t24-,25+,33-/m0/s1. The number of para-hydroxylation sites is 2. The molecular weight excluding hydrogens is 640 g/mol. The number of amides is 5. The van der Waals surface area contributed by atoms with Gasteiger partial charge in [-0.3, -0.25) is 14.4 Å². The minimum absolute atomic E-state index is 0.135. The summed E-state index contributed by atoms with van der Waals surface area (Å²) in [6, 6.07) is 18.2. The number of methoxy groups -OCH3 is 1. The number of nitrogens with one attached hydrogen (secondary N) is 3. The smallest absolute Gasteiger partial charge is 0.321 e. The molecule has 268 valence electrons. The lowest BCUT2D eigenvalue weighted by Crippen LogP contribution is -2.50. The van der Waals surface area contributed by atoms with Crippen molar-refractivity contribution in [2.75, 3.05) is 55.5 Å². The van der Waals surface area contributed by atoms with Crippen molar-refractivity contribution in [3.05, 3.63) is 72.3 Å². The van der Waals surface area contributed by atoms with Gasteiger partial charge in [-0.05, 0) is 74.4 Å². The van der Waals surface area contributed by atoms with Gasteiger partial charge in [0.2, 0.25) is 11.8 Å². The Bertz CT molecular complexity index is 1630. The van der Waals surface area contributed by atoms with Crippen LogP contribution < -0.4 is 31.2 Å². The van der Waals surface area contributed by atoms with Crippen molar-refractivity contribution in [1.82, 2.24) is 9.80 Å². The van der Waals surface area contributed by atoms with Gasteiger partial charge >= 0.3 is 6.03 Å². The molecule has 3 aromatic rings. The highest BCUT2D eigenvalue weighted by atomic mass is 16.5. The number of fused-ring (bicyclic) bond motifs is 1. The molecule has 0 aromatic heterocycles. The number of aliphatic hydroxyl groups excluding tert-OH is 1. The molecule has 0 saturated heterocycles. The van der Waals surface area contributed by atoms with Gasteiger partial charge in [0.15, 0.2) is 0 Å². The highest BCUT2D eigenvalue weighted by Gasteiger charge is 2.34. The number of carbonyl (C=O) groups excluding carboxylic acids is 4. The molecule has 5 amide bonds. The monoisotopic (exact) mass is 688 g/mol. The summed E-state index contributed by atoms with van der Waals surface area (Å²) < 4.78 is 11.6. The molecule has 0 spiro atoms. The number of hydrogen-bond acceptors (Lipinski definition) is 8. The molecule has 0 unspecified atom stereocenters. The summed E-state index contributed by atoms with van der Waals surface area (Å²) in [6.45, 7) is 3.98. The highest BCUT2D eigenvalue weighted by molar-refractivity contribution is 6.00. The first-order valence-electron chi connectivity index (χ1n) is 16.8. The Kier molecular flexibility index (Phi) is 13.4. The molecule has 13 nitrogen and oxygen atoms in total. The van der Waals surface area contributed by atoms with E-state index in [4.69, 9.17) is 15.2 Å². The van der Waals surface area contributed by atoms with E-state index in [0.29, 0.717) is 59.9 Å². The van der Waals surface area contributed by atoms with Crippen LogP contribution in [-0.2, 0) is 9.59 Å². The molecule has 3 aromatic carbocycles. The molecule has 1 aliphatic heterocycles. The lowest BCUT2D eigenvalue weighted by molar-refractivity contribution is -0.116. The Morgan fingerprint density at radius 2 is 1.64 bits per heavy atom. The van der Waals surface area contributed by atoms with Crippen molar-refractivity contribution in [3.63, 3.8) is 0 Å². The number of benzene rings is 3. The van der Waals surface area contributed by atoms with Crippen molar-refractivity contribution < 1.29 is 33.8 Å². The van der Waals surface area contributed by atoms with Crippen LogP contribution in [-0.4, -0.2) is 84.7 Å². The summed E-state index contributed by atoms with van der Waals surface area (Å²) in [7, 11) is 3.24. The summed E-state index contributed by atoms with van der Waals surface area (Å²) >= 11 is 0. The Morgan fingerprint density at radius 1 is 0.980 bits per heavy atom. The van der Waals surface area contributed by atoms with E-state index >= 15 is 0 Å². The van der Waals surface area contributed by atoms with Crippen LogP contribution in [0.2, 0.25) is 0 Å². The molecule has 13 heteroatoms. The quantitative estimate of drug-likeness (QED) is 0.114. The van der Waals surface area contributed by atoms with Crippen LogP contribution in [0.3, 0.4) is 0 Å². The number of ether oxygens (including phenoxy) is 2. The molecule has 0 fully saturated rings. The first kappa shape index (κ1) is 37.5. The van der Waals surface area contributed by atoms with E-state index in [2.05, 4.69) is 16.0 Å². The molecule has 0 bridgehead atoms. The van der Waals surface area contributed by atoms with Gasteiger partial charge in [-0.15, -0.1) is 0 Å². The number of nitrogens with two attached hydrogens (primary N) is 1. The van der Waals surface area contributed by atoms with E-state index < -0.39 is 12.1 Å². The molecule has 0 aliphatic carbocycles. The van der Waals surface area contributed by atoms with Crippen molar-refractivity contribution in [1.29, 1.82) is 0 Å². The largest absolute Gasteiger partial charge is 0.497 e. The summed E-state index contributed by atoms with van der Waals surface area (Å²) in [5.41, 5.74) is 8.25. The van der Waals surface area contributed by atoms with Crippen molar-refractivity contribution in [2.45, 2.75) is 58.1 Å². The topological polar surface area (TPSA) is 176 Å². The fourth-order valence-electron chi connectivity index (χ4n) is 5.56. The second kappa shape index (κ2) is 17.9. The maximum absolute atomic E-state index is 13.8. The summed E-state index contributed by atoms with van der Waals surface area (Å²) in [5, 5.41) is 18.5. The highest BCUT2D eigenvalue weighted by Crippen LogP contribution is 2.31. The van der Waals surface area contributed by atoms with E-state index in [1.165, 1.54) is 4.90 Å². The summed E-state index contributed by atoms with van der Waals surface area (Å²) in [4.78, 5) is 55.0. The fraction of sp³-hybridized carbons (Fsp3) is 0.405. The van der Waals surface area contributed by atoms with Crippen molar-refractivity contribution in [2.24, 2.45) is 5.92 Å². The third kappa shape index (κ3) is 10.3. The number of nitrogen functional groups attached to an aromatic ring is 1. The van der Waals surface area contributed by atoms with Gasteiger partial charge in [-0.25, -0.2) is 4.79 Å². The van der Waals surface area contributed by atoms with Crippen LogP contribution in [0.15, 0.2) is 66.7 Å². The Hall–Kier alpha value is -5.30. The predicted octanol–water partition coefficient (Wildman–Crippen LogP) is 5.19. The second-order valence-electron chi connectivity index (χ2n) is 12.6. The van der Waals surface area contributed by atoms with Crippen molar-refractivity contribution in [3.8, 4) is 11.5 Å². The van der Waals surface area contributed by atoms with Crippen molar-refractivity contribution >= 4 is 46.5 Å². The zero-order chi connectivity index (χ0) is 36.2. The van der Waals surface area contributed by atoms with E-state index in [1.54, 1.807) is 92.7 Å². The lowest BCUT2D eigenvalue weighted by Gasteiger charge is -2.38. The third-order valence-electron chi connectivity index (χ3n) is 8.63. The fourth-order valence-corrected chi connectivity index (χ4v) is 5.56. The first-order chi connectivity index (χ1) is 24.0. The van der Waals surface area contributed by atoms with Gasteiger partial charge in [0.05, 0.1) is 43.2 Å². The predicted molar refractivity (Wildman–Crippen MR) is 193 cm³/mol. The van der Waals surface area contributed by atoms with E-state index in [-0.39, 0.29) is 61.4 Å². The Balaban J connectivity index is 1.36. The number of aliphatic hydroxyl groups is 1. The number of unbranched alkanes of at least 4 members (excludes halogenated alkanes) is 2. The second-order valence-corrected chi connectivity index (χ2v) is 12.6. The van der Waals surface area contributed by atoms with Gasteiger partial charge in [-0.1, -0.05) is 25.5 Å². The molecule has 1 heterocycles. The van der Waals surface area contributed by atoms with Gasteiger partial charge in [-0.2, -0.15) is 0 Å². The van der Waals surface area contributed by atoms with E-state index in [9.17, 15) is 24.3 Å². The Labute approximate surface area is 293 Å². The van der Waals surface area contributed by atoms with Gasteiger partial charge < -0.3 is 46.1 Å². The minimum atomic E-state index is -0.491. The maximum atomic E-state index is 13.8. The number of carbonyl (C=O) groups is 4. The first-order valence-corrected chi connectivity index (χ1v) is 16.8. The molecule has 1 aliphatic rings. The third-order valence-corrected chi connectivity index (χ3v) is 8.63. The minimum Gasteiger partial charge on any atom is -0.497 e. The number of likely N-dealkylation sites (N-methyl/N-ethyl adjacent to an activating group) is 1. The number of anilines is 4. The van der Waals surface area contributed by atoms with E-state index in [1.807, 2.05) is 6.92 Å². The normalized spacial score (nSPS) is 16.2.